The Balaban J connectivity index is 1.00. The van der Waals surface area contributed by atoms with Gasteiger partial charge in [0, 0.05) is 0 Å². The molecule has 0 unspecified atom stereocenters. The normalized spacial score (nSPS) is 13.2. The van der Waals surface area contributed by atoms with Crippen molar-refractivity contribution in [2.75, 3.05) is 0 Å². The summed E-state index contributed by atoms with van der Waals surface area (Å²) in [5.41, 5.74) is 17.9. The maximum Gasteiger partial charge on any atom is 0.0731 e. The SMILES string of the molecule is c1ccc(-c2c3ccccc3c(-c3ccc(-c4ccc5c6c(c7ccccc7c5c4)-c4cc5ccccc5cc4C64c5ccccc5-c5ccccc54)cc3)c3ccccc23)cc1. The molecule has 0 aromatic heterocycles. The van der Waals surface area contributed by atoms with E-state index in [1.807, 2.05) is 0 Å². The van der Waals surface area contributed by atoms with Gasteiger partial charge in [-0.1, -0.05) is 212 Å². The highest BCUT2D eigenvalue weighted by Crippen LogP contribution is 2.66. The van der Waals surface area contributed by atoms with E-state index in [1.54, 1.807) is 0 Å². The van der Waals surface area contributed by atoms with Crippen molar-refractivity contribution < 1.29 is 0 Å². The van der Waals surface area contributed by atoms with Crippen LogP contribution in [0.15, 0.2) is 231 Å². The lowest BCUT2D eigenvalue weighted by Crippen LogP contribution is -2.26. The number of fused-ring (bicyclic) bond motifs is 18. The van der Waals surface area contributed by atoms with E-state index in [1.165, 1.54) is 132 Å². The predicted octanol–water partition coefficient (Wildman–Crippen LogP) is 16.8. The van der Waals surface area contributed by atoms with Crippen LogP contribution in [0.1, 0.15) is 22.3 Å². The summed E-state index contributed by atoms with van der Waals surface area (Å²) < 4.78 is 0. The lowest BCUT2D eigenvalue weighted by Gasteiger charge is -2.32. The molecule has 2 aliphatic carbocycles. The van der Waals surface area contributed by atoms with Gasteiger partial charge in [0.05, 0.1) is 5.41 Å². The highest BCUT2D eigenvalue weighted by atomic mass is 14.5. The molecule has 290 valence electrons. The summed E-state index contributed by atoms with van der Waals surface area (Å²) >= 11 is 0. The molecule has 0 heterocycles. The molecule has 0 aliphatic heterocycles. The molecule has 12 aromatic carbocycles. The summed E-state index contributed by atoms with van der Waals surface area (Å²) in [5, 5.41) is 12.8. The van der Waals surface area contributed by atoms with Gasteiger partial charge in [0.2, 0.25) is 0 Å². The summed E-state index contributed by atoms with van der Waals surface area (Å²) in [4.78, 5) is 0. The van der Waals surface area contributed by atoms with E-state index in [0.717, 1.165) is 0 Å². The molecule has 0 radical (unpaired) electrons. The summed E-state index contributed by atoms with van der Waals surface area (Å²) in [6.45, 7) is 0. The summed E-state index contributed by atoms with van der Waals surface area (Å²) in [5.74, 6) is 0. The molecule has 12 aromatic rings. The maximum atomic E-state index is 2.50. The van der Waals surface area contributed by atoms with Crippen molar-refractivity contribution in [2.24, 2.45) is 0 Å². The summed E-state index contributed by atoms with van der Waals surface area (Å²) in [7, 11) is 0. The number of hydrogen-bond acceptors (Lipinski definition) is 0. The molecule has 0 heteroatoms. The fourth-order valence-corrected chi connectivity index (χ4v) is 11.9. The van der Waals surface area contributed by atoms with Gasteiger partial charge in [-0.3, -0.25) is 0 Å². The quantitative estimate of drug-likeness (QED) is 0.123. The van der Waals surface area contributed by atoms with Gasteiger partial charge in [-0.2, -0.15) is 0 Å². The third kappa shape index (κ3) is 4.65. The van der Waals surface area contributed by atoms with Crippen molar-refractivity contribution in [2.45, 2.75) is 5.41 Å². The minimum atomic E-state index is -0.463. The average Bonchev–Trinajstić information content (AvgIpc) is 3.82. The summed E-state index contributed by atoms with van der Waals surface area (Å²) in [6.07, 6.45) is 0. The second kappa shape index (κ2) is 13.0. The lowest BCUT2D eigenvalue weighted by molar-refractivity contribution is 0.803. The van der Waals surface area contributed by atoms with Crippen molar-refractivity contribution in [3.63, 3.8) is 0 Å². The predicted molar refractivity (Wildman–Crippen MR) is 267 cm³/mol. The van der Waals surface area contributed by atoms with Crippen LogP contribution in [0.3, 0.4) is 0 Å². The number of rotatable bonds is 3. The Hall–Kier alpha value is -8.06. The monoisotopic (exact) mass is 794 g/mol. The minimum absolute atomic E-state index is 0.463. The van der Waals surface area contributed by atoms with Crippen molar-refractivity contribution in [3.05, 3.63) is 253 Å². The first-order chi connectivity index (χ1) is 31.3. The molecule has 0 nitrogen and oxygen atoms in total. The third-order valence-corrected chi connectivity index (χ3v) is 14.4. The van der Waals surface area contributed by atoms with Crippen LogP contribution < -0.4 is 0 Å². The van der Waals surface area contributed by atoms with Crippen LogP contribution in [-0.4, -0.2) is 0 Å². The van der Waals surface area contributed by atoms with Crippen molar-refractivity contribution in [1.82, 2.24) is 0 Å². The molecule has 0 saturated heterocycles. The van der Waals surface area contributed by atoms with Gasteiger partial charge in [-0.05, 0) is 150 Å². The Morgan fingerprint density at radius 1 is 0.222 bits per heavy atom. The van der Waals surface area contributed by atoms with Crippen LogP contribution in [0.5, 0.6) is 0 Å². The Bertz CT molecular complexity index is 3790. The Kier molecular flexibility index (Phi) is 7.13. The molecule has 63 heavy (non-hydrogen) atoms. The van der Waals surface area contributed by atoms with E-state index in [2.05, 4.69) is 231 Å². The highest BCUT2D eigenvalue weighted by Gasteiger charge is 2.53. The van der Waals surface area contributed by atoms with Gasteiger partial charge in [0.25, 0.3) is 0 Å². The topological polar surface area (TPSA) is 0 Å². The maximum absolute atomic E-state index is 2.50. The van der Waals surface area contributed by atoms with Crippen LogP contribution in [0.2, 0.25) is 0 Å². The van der Waals surface area contributed by atoms with Crippen LogP contribution in [-0.2, 0) is 5.41 Å². The number of benzene rings is 12. The Morgan fingerprint density at radius 3 is 1.27 bits per heavy atom. The zero-order valence-corrected chi connectivity index (χ0v) is 34.4. The molecule has 0 atom stereocenters. The van der Waals surface area contributed by atoms with Gasteiger partial charge in [0.1, 0.15) is 0 Å². The van der Waals surface area contributed by atoms with Crippen molar-refractivity contribution in [1.29, 1.82) is 0 Å². The van der Waals surface area contributed by atoms with Gasteiger partial charge in [-0.15, -0.1) is 0 Å². The molecular formula is C63H38. The van der Waals surface area contributed by atoms with Gasteiger partial charge >= 0.3 is 0 Å². The molecule has 0 bridgehead atoms. The molecule has 0 N–H and O–H groups in total. The molecule has 0 fully saturated rings. The van der Waals surface area contributed by atoms with E-state index in [9.17, 15) is 0 Å². The number of hydrogen-bond donors (Lipinski definition) is 0. The van der Waals surface area contributed by atoms with E-state index in [4.69, 9.17) is 0 Å². The highest BCUT2D eigenvalue weighted by molar-refractivity contribution is 6.23. The van der Waals surface area contributed by atoms with Crippen molar-refractivity contribution in [3.8, 4) is 55.6 Å². The first kappa shape index (κ1) is 34.6. The second-order valence-electron chi connectivity index (χ2n) is 17.4. The smallest absolute Gasteiger partial charge is 0.0622 e. The first-order valence-corrected chi connectivity index (χ1v) is 22.1. The standard InChI is InChI=1S/C63H38/c1-2-16-40(17-3-1)59-49-24-8-10-26-51(49)60(52-27-11-9-25-50(52)59)41-32-30-39(31-33-41)44-34-35-53-54(36-44)45-20-6-7-23-48(45)61-55-37-42-18-4-5-19-43(42)38-58(55)63(62(53)61)56-28-14-12-21-46(56)47-22-13-15-29-57(47)63/h1-38H. The molecule has 0 saturated carbocycles. The zero-order valence-electron chi connectivity index (χ0n) is 34.4. The molecule has 0 amide bonds. The molecule has 14 rings (SSSR count). The third-order valence-electron chi connectivity index (χ3n) is 14.4. The van der Waals surface area contributed by atoms with Crippen LogP contribution in [0, 0.1) is 0 Å². The van der Waals surface area contributed by atoms with E-state index >= 15 is 0 Å². The lowest BCUT2D eigenvalue weighted by atomic mass is 9.69. The van der Waals surface area contributed by atoms with Crippen LogP contribution in [0.4, 0.5) is 0 Å². The van der Waals surface area contributed by atoms with Gasteiger partial charge < -0.3 is 0 Å². The van der Waals surface area contributed by atoms with Crippen LogP contribution >= 0.6 is 0 Å². The van der Waals surface area contributed by atoms with Gasteiger partial charge in [0.15, 0.2) is 0 Å². The van der Waals surface area contributed by atoms with Crippen molar-refractivity contribution >= 4 is 53.9 Å². The molecule has 2 aliphatic rings. The van der Waals surface area contributed by atoms with Crippen LogP contribution in [0.25, 0.3) is 109 Å². The van der Waals surface area contributed by atoms with Gasteiger partial charge in [-0.25, -0.2) is 0 Å². The molecular weight excluding hydrogens is 757 g/mol. The average molecular weight is 795 g/mol. The Labute approximate surface area is 366 Å². The zero-order chi connectivity index (χ0) is 41.2. The Morgan fingerprint density at radius 2 is 0.667 bits per heavy atom. The largest absolute Gasteiger partial charge is 0.0731 e. The summed E-state index contributed by atoms with van der Waals surface area (Å²) in [6, 6.07) is 86.5. The second-order valence-corrected chi connectivity index (χ2v) is 17.4. The van der Waals surface area contributed by atoms with E-state index in [-0.39, 0.29) is 0 Å². The van der Waals surface area contributed by atoms with E-state index < -0.39 is 5.41 Å². The fraction of sp³-hybridized carbons (Fsp3) is 0.0159. The molecule has 1 spiro atoms. The minimum Gasteiger partial charge on any atom is -0.0622 e. The van der Waals surface area contributed by atoms with E-state index in [0.29, 0.717) is 0 Å². The fourth-order valence-electron chi connectivity index (χ4n) is 11.9. The first-order valence-electron chi connectivity index (χ1n) is 22.1.